The van der Waals surface area contributed by atoms with Crippen molar-refractivity contribution in [3.05, 3.63) is 99.0 Å². The Morgan fingerprint density at radius 2 is 1.39 bits per heavy atom. The number of hydrogen-bond donors (Lipinski definition) is 0. The molecule has 46 heavy (non-hydrogen) atoms. The van der Waals surface area contributed by atoms with E-state index in [1.54, 1.807) is 0 Å². The number of halogens is 2. The summed E-state index contributed by atoms with van der Waals surface area (Å²) in [5.74, 6) is 0.253. The number of piperazine rings is 1. The van der Waals surface area contributed by atoms with E-state index in [0.717, 1.165) is 41.2 Å². The summed E-state index contributed by atoms with van der Waals surface area (Å²) in [5.41, 5.74) is 3.15. The van der Waals surface area contributed by atoms with E-state index < -0.39 is 16.9 Å². The van der Waals surface area contributed by atoms with E-state index >= 15 is 4.79 Å². The molecule has 0 aromatic heterocycles. The van der Waals surface area contributed by atoms with Crippen molar-refractivity contribution >= 4 is 34.8 Å². The molecule has 0 spiro atoms. The van der Waals surface area contributed by atoms with Gasteiger partial charge in [-0.25, -0.2) is 0 Å². The Kier molecular flexibility index (Phi) is 9.47. The molecule has 0 bridgehead atoms. The van der Waals surface area contributed by atoms with Crippen LogP contribution in [0.3, 0.4) is 0 Å². The Labute approximate surface area is 285 Å². The molecule has 1 fully saturated rings. The maximum Gasteiger partial charge on any atom is 0.232 e. The van der Waals surface area contributed by atoms with Crippen molar-refractivity contribution in [1.82, 2.24) is 9.80 Å². The molecule has 246 valence electrons. The second-order valence-electron chi connectivity index (χ2n) is 15.1. The quantitative estimate of drug-likeness (QED) is 0.265. The molecular weight excluding hydrogens is 613 g/mol. The normalized spacial score (nSPS) is 24.2. The van der Waals surface area contributed by atoms with Gasteiger partial charge in [-0.05, 0) is 93.1 Å². The fourth-order valence-electron chi connectivity index (χ4n) is 7.19. The molecular formula is C39H49Cl2N3O2. The maximum absolute atomic E-state index is 15.2. The van der Waals surface area contributed by atoms with E-state index in [0.29, 0.717) is 29.7 Å². The van der Waals surface area contributed by atoms with Crippen molar-refractivity contribution in [1.29, 1.82) is 0 Å². The third kappa shape index (κ3) is 6.23. The first-order valence-corrected chi connectivity index (χ1v) is 17.2. The summed E-state index contributed by atoms with van der Waals surface area (Å²) in [6.07, 6.45) is 0. The highest BCUT2D eigenvalue weighted by atomic mass is 35.5. The van der Waals surface area contributed by atoms with Crippen LogP contribution in [0.15, 0.2) is 71.7 Å². The summed E-state index contributed by atoms with van der Waals surface area (Å²) in [5, 5.41) is 1.31. The van der Waals surface area contributed by atoms with E-state index in [1.165, 1.54) is 5.56 Å². The van der Waals surface area contributed by atoms with Crippen LogP contribution in [0, 0.1) is 5.92 Å². The highest BCUT2D eigenvalue weighted by Gasteiger charge is 2.61. The minimum absolute atomic E-state index is 0.0429. The van der Waals surface area contributed by atoms with E-state index in [2.05, 4.69) is 90.6 Å². The molecule has 1 amide bonds. The molecule has 7 heteroatoms. The lowest BCUT2D eigenvalue weighted by Crippen LogP contribution is -2.58. The Morgan fingerprint density at radius 3 is 1.89 bits per heavy atom. The SMILES string of the molecule is CCOc1cc(C(C)(C)C)ccc1C1=N[C@@](C)(c2ccc(Cl)cc2)[C@@](C)(c2ccc(Cl)cc2)C1C(=O)N1CCN(C(C)(C)C)CC1. The number of benzene rings is 3. The number of carbonyl (C=O) groups is 1. The summed E-state index contributed by atoms with van der Waals surface area (Å²) >= 11 is 12.8. The zero-order chi connectivity index (χ0) is 33.7. The molecule has 2 heterocycles. The van der Waals surface area contributed by atoms with Gasteiger partial charge >= 0.3 is 0 Å². The predicted octanol–water partition coefficient (Wildman–Crippen LogP) is 8.92. The molecule has 0 aliphatic carbocycles. The number of amides is 1. The van der Waals surface area contributed by atoms with Gasteiger partial charge in [0.25, 0.3) is 0 Å². The number of carbonyl (C=O) groups excluding carboxylic acids is 1. The van der Waals surface area contributed by atoms with Crippen molar-refractivity contribution in [2.45, 2.75) is 84.2 Å². The number of aliphatic imine (C=N–C) groups is 1. The summed E-state index contributed by atoms with van der Waals surface area (Å²) < 4.78 is 6.34. The average Bonchev–Trinajstić information content (AvgIpc) is 3.24. The molecule has 2 aliphatic rings. The zero-order valence-corrected chi connectivity index (χ0v) is 30.4. The largest absolute Gasteiger partial charge is 0.493 e. The summed E-state index contributed by atoms with van der Waals surface area (Å²) in [6.45, 7) is 23.1. The number of hydrogen-bond acceptors (Lipinski definition) is 4. The van der Waals surface area contributed by atoms with Gasteiger partial charge in [-0.3, -0.25) is 14.7 Å². The number of rotatable bonds is 6. The smallest absolute Gasteiger partial charge is 0.232 e. The van der Waals surface area contributed by atoms with Gasteiger partial charge in [0.15, 0.2) is 0 Å². The van der Waals surface area contributed by atoms with Gasteiger partial charge in [0.05, 0.1) is 23.8 Å². The molecule has 1 unspecified atom stereocenters. The molecule has 3 aromatic carbocycles. The van der Waals surface area contributed by atoms with Gasteiger partial charge in [-0.2, -0.15) is 0 Å². The van der Waals surface area contributed by atoms with Crippen molar-refractivity contribution < 1.29 is 9.53 Å². The van der Waals surface area contributed by atoms with Crippen LogP contribution in [0.5, 0.6) is 5.75 Å². The molecule has 0 N–H and O–H groups in total. The molecule has 1 saturated heterocycles. The lowest BCUT2D eigenvalue weighted by molar-refractivity contribution is -0.138. The van der Waals surface area contributed by atoms with Gasteiger partial charge in [-0.15, -0.1) is 0 Å². The first-order chi connectivity index (χ1) is 21.5. The minimum atomic E-state index is -0.819. The van der Waals surface area contributed by atoms with Crippen LogP contribution in [-0.2, 0) is 21.2 Å². The Bertz CT molecular complexity index is 1600. The molecule has 3 aromatic rings. The van der Waals surface area contributed by atoms with Crippen LogP contribution < -0.4 is 4.74 Å². The predicted molar refractivity (Wildman–Crippen MR) is 192 cm³/mol. The highest BCUT2D eigenvalue weighted by Crippen LogP contribution is 2.57. The Hall–Kier alpha value is -2.86. The van der Waals surface area contributed by atoms with Crippen molar-refractivity contribution in [2.75, 3.05) is 32.8 Å². The maximum atomic E-state index is 15.2. The molecule has 5 nitrogen and oxygen atoms in total. The number of nitrogens with zero attached hydrogens (tertiary/aromatic N) is 3. The van der Waals surface area contributed by atoms with Crippen molar-refractivity contribution in [3.63, 3.8) is 0 Å². The molecule has 2 aliphatic heterocycles. The van der Waals surface area contributed by atoms with Crippen LogP contribution in [0.2, 0.25) is 10.0 Å². The van der Waals surface area contributed by atoms with Gasteiger partial charge in [0, 0.05) is 52.7 Å². The lowest BCUT2D eigenvalue weighted by atomic mass is 9.59. The molecule has 0 radical (unpaired) electrons. The van der Waals surface area contributed by atoms with Gasteiger partial charge in [0.2, 0.25) is 5.91 Å². The van der Waals surface area contributed by atoms with Gasteiger partial charge < -0.3 is 9.64 Å². The third-order valence-electron chi connectivity index (χ3n) is 10.3. The molecule has 5 rings (SSSR count). The first-order valence-electron chi connectivity index (χ1n) is 16.4. The second-order valence-corrected chi connectivity index (χ2v) is 16.0. The van der Waals surface area contributed by atoms with Crippen LogP contribution in [0.1, 0.15) is 84.6 Å². The van der Waals surface area contributed by atoms with E-state index in [-0.39, 0.29) is 16.9 Å². The standard InChI is InChI=1S/C39H49Cl2N3O2/c1-10-46-32-25-28(36(2,3)4)15-20-31(32)34-33(35(45)43-21-23-44(24-22-43)37(5,6)7)38(8,26-11-16-29(40)17-12-26)39(9,42-34)27-13-18-30(41)19-14-27/h11-20,25,33H,10,21-24H2,1-9H3/t33?,38-,39-/m0/s1. The van der Waals surface area contributed by atoms with Crippen molar-refractivity contribution in [2.24, 2.45) is 10.9 Å². The zero-order valence-electron chi connectivity index (χ0n) is 28.9. The van der Waals surface area contributed by atoms with Crippen molar-refractivity contribution in [3.8, 4) is 5.75 Å². The lowest BCUT2D eigenvalue weighted by Gasteiger charge is -2.47. The topological polar surface area (TPSA) is 45.1 Å². The summed E-state index contributed by atoms with van der Waals surface area (Å²) in [6, 6.07) is 22.2. The minimum Gasteiger partial charge on any atom is -0.493 e. The van der Waals surface area contributed by atoms with Crippen LogP contribution in [0.4, 0.5) is 0 Å². The van der Waals surface area contributed by atoms with Crippen LogP contribution >= 0.6 is 23.2 Å². The Morgan fingerprint density at radius 1 is 0.848 bits per heavy atom. The van der Waals surface area contributed by atoms with Gasteiger partial charge in [0.1, 0.15) is 5.75 Å². The van der Waals surface area contributed by atoms with E-state index in [4.69, 9.17) is 32.9 Å². The summed E-state index contributed by atoms with van der Waals surface area (Å²) in [7, 11) is 0. The van der Waals surface area contributed by atoms with E-state index in [1.807, 2.05) is 48.2 Å². The average molecular weight is 663 g/mol. The summed E-state index contributed by atoms with van der Waals surface area (Å²) in [4.78, 5) is 25.3. The Balaban J connectivity index is 1.75. The van der Waals surface area contributed by atoms with Gasteiger partial charge in [-0.1, -0.05) is 81.2 Å². The first kappa shape index (κ1) is 34.5. The monoisotopic (exact) mass is 661 g/mol. The van der Waals surface area contributed by atoms with Crippen LogP contribution in [0.25, 0.3) is 0 Å². The molecule has 3 atom stereocenters. The highest BCUT2D eigenvalue weighted by molar-refractivity contribution is 6.30. The fourth-order valence-corrected chi connectivity index (χ4v) is 7.45. The second kappa shape index (κ2) is 12.6. The number of ether oxygens (including phenoxy) is 1. The van der Waals surface area contributed by atoms with E-state index in [9.17, 15) is 0 Å². The molecule has 0 saturated carbocycles. The fraction of sp³-hybridized carbons (Fsp3) is 0.487. The third-order valence-corrected chi connectivity index (χ3v) is 10.8. The van der Waals surface area contributed by atoms with Crippen LogP contribution in [-0.4, -0.2) is 59.7 Å².